The van der Waals surface area contributed by atoms with Crippen molar-refractivity contribution in [3.63, 3.8) is 0 Å². The number of aromatic nitrogens is 6. The maximum atomic E-state index is 14.1. The molecular weight excluding hydrogens is 611 g/mol. The molecule has 5 aromatic rings. The van der Waals surface area contributed by atoms with Crippen LogP contribution in [0.2, 0.25) is 0 Å². The minimum absolute atomic E-state index is 0.0195. The van der Waals surface area contributed by atoms with Crippen molar-refractivity contribution < 1.29 is 27.6 Å². The third kappa shape index (κ3) is 5.36. The summed E-state index contributed by atoms with van der Waals surface area (Å²) >= 11 is 0. The smallest absolute Gasteiger partial charge is 0.310 e. The highest BCUT2D eigenvalue weighted by atomic mass is 19.4. The highest BCUT2D eigenvalue weighted by Crippen LogP contribution is 2.53. The van der Waals surface area contributed by atoms with Gasteiger partial charge in [-0.15, -0.1) is 0 Å². The molecule has 0 saturated heterocycles. The number of pyridine rings is 1. The summed E-state index contributed by atoms with van der Waals surface area (Å²) in [5.74, 6) is -2.52. The molecule has 2 saturated carbocycles. The maximum absolute atomic E-state index is 14.1. The van der Waals surface area contributed by atoms with Crippen molar-refractivity contribution >= 4 is 39.8 Å². The summed E-state index contributed by atoms with van der Waals surface area (Å²) in [6.07, 6.45) is 1.20. The number of carbonyl (C=O) groups excluding carboxylic acids is 3. The molecule has 7 rings (SSSR count). The number of aryl methyl sites for hydroxylation is 3. The second-order valence-corrected chi connectivity index (χ2v) is 12.9. The molecule has 47 heavy (non-hydrogen) atoms. The van der Waals surface area contributed by atoms with Crippen LogP contribution in [0.1, 0.15) is 59.2 Å². The molecule has 10 nitrogen and oxygen atoms in total. The number of alkyl halides is 3. The number of benzene rings is 1. The Labute approximate surface area is 267 Å². The van der Waals surface area contributed by atoms with E-state index in [1.165, 1.54) is 13.0 Å². The van der Waals surface area contributed by atoms with Crippen molar-refractivity contribution in [2.45, 2.75) is 59.7 Å². The molecule has 13 heteroatoms. The summed E-state index contributed by atoms with van der Waals surface area (Å²) in [5.41, 5.74) is 4.13. The predicted octanol–water partition coefficient (Wildman–Crippen LogP) is 6.16. The highest BCUT2D eigenvalue weighted by molar-refractivity contribution is 6.07. The molecule has 2 aliphatic carbocycles. The second-order valence-electron chi connectivity index (χ2n) is 12.9. The first-order chi connectivity index (χ1) is 22.3. The zero-order valence-electron chi connectivity index (χ0n) is 26.2. The molecule has 2 fully saturated rings. The van der Waals surface area contributed by atoms with Gasteiger partial charge in [0.05, 0.1) is 17.1 Å². The highest BCUT2D eigenvalue weighted by Gasteiger charge is 2.53. The van der Waals surface area contributed by atoms with Crippen LogP contribution >= 0.6 is 0 Å². The Morgan fingerprint density at radius 3 is 2.43 bits per heavy atom. The summed E-state index contributed by atoms with van der Waals surface area (Å²) in [4.78, 5) is 48.6. The molecular formula is C34H32F3N7O3. The van der Waals surface area contributed by atoms with E-state index in [1.54, 1.807) is 22.3 Å². The van der Waals surface area contributed by atoms with Gasteiger partial charge in [-0.25, -0.2) is 14.5 Å². The van der Waals surface area contributed by atoms with Gasteiger partial charge in [-0.1, -0.05) is 6.07 Å². The molecule has 2 bridgehead atoms. The molecule has 0 aliphatic heterocycles. The Morgan fingerprint density at radius 1 is 0.957 bits per heavy atom. The maximum Gasteiger partial charge on any atom is 0.433 e. The van der Waals surface area contributed by atoms with Gasteiger partial charge in [0.2, 0.25) is 5.91 Å². The average molecular weight is 644 g/mol. The van der Waals surface area contributed by atoms with Gasteiger partial charge in [-0.05, 0) is 86.8 Å². The number of carbonyl (C=O) groups is 3. The summed E-state index contributed by atoms with van der Waals surface area (Å²) < 4.78 is 43.3. The van der Waals surface area contributed by atoms with Crippen LogP contribution in [-0.4, -0.2) is 46.8 Å². The molecule has 4 atom stereocenters. The summed E-state index contributed by atoms with van der Waals surface area (Å²) in [5, 5.41) is 12.2. The third-order valence-electron chi connectivity index (χ3n) is 9.66. The molecule has 1 amide bonds. The lowest BCUT2D eigenvalue weighted by Crippen LogP contribution is -2.39. The number of hydrogen-bond donors (Lipinski definition) is 1. The van der Waals surface area contributed by atoms with E-state index in [9.17, 15) is 27.6 Å². The third-order valence-corrected chi connectivity index (χ3v) is 9.66. The van der Waals surface area contributed by atoms with Gasteiger partial charge in [0.25, 0.3) is 0 Å². The number of ketones is 2. The number of amides is 1. The van der Waals surface area contributed by atoms with Crippen LogP contribution in [0.25, 0.3) is 27.7 Å². The van der Waals surface area contributed by atoms with Crippen LogP contribution in [0.3, 0.4) is 0 Å². The van der Waals surface area contributed by atoms with Crippen molar-refractivity contribution in [2.75, 3.05) is 5.32 Å². The van der Waals surface area contributed by atoms with Crippen molar-refractivity contribution in [3.8, 4) is 11.1 Å². The van der Waals surface area contributed by atoms with E-state index in [2.05, 4.69) is 25.5 Å². The van der Waals surface area contributed by atoms with Gasteiger partial charge in [0.15, 0.2) is 17.2 Å². The molecule has 0 radical (unpaired) electrons. The number of nitrogens with one attached hydrogen (secondary N) is 1. The number of nitrogens with zero attached hydrogens (tertiary/aromatic N) is 6. The molecule has 4 aromatic heterocycles. The number of anilines is 1. The summed E-state index contributed by atoms with van der Waals surface area (Å²) in [6.45, 7) is 6.63. The zero-order valence-corrected chi connectivity index (χ0v) is 26.2. The van der Waals surface area contributed by atoms with Crippen LogP contribution in [0.5, 0.6) is 0 Å². The number of hydrogen-bond acceptors (Lipinski definition) is 7. The van der Waals surface area contributed by atoms with Gasteiger partial charge in [-0.2, -0.15) is 23.4 Å². The minimum atomic E-state index is -4.66. The zero-order chi connectivity index (χ0) is 33.4. The lowest BCUT2D eigenvalue weighted by atomic mass is 9.76. The van der Waals surface area contributed by atoms with Crippen molar-refractivity contribution in [1.29, 1.82) is 0 Å². The number of rotatable bonds is 7. The average Bonchev–Trinajstić information content (AvgIpc) is 3.79. The first kappa shape index (κ1) is 30.7. The van der Waals surface area contributed by atoms with E-state index in [4.69, 9.17) is 0 Å². The normalized spacial score (nSPS) is 20.7. The van der Waals surface area contributed by atoms with Crippen LogP contribution in [0, 0.1) is 44.4 Å². The van der Waals surface area contributed by atoms with E-state index >= 15 is 0 Å². The fourth-order valence-electron chi connectivity index (χ4n) is 7.61. The van der Waals surface area contributed by atoms with Gasteiger partial charge in [0.1, 0.15) is 23.8 Å². The van der Waals surface area contributed by atoms with Gasteiger partial charge in [-0.3, -0.25) is 19.1 Å². The molecule has 1 aromatic carbocycles. The molecule has 4 heterocycles. The topological polar surface area (TPSA) is 124 Å². The van der Waals surface area contributed by atoms with E-state index in [0.717, 1.165) is 41.3 Å². The largest absolute Gasteiger partial charge is 0.433 e. The van der Waals surface area contributed by atoms with E-state index in [1.807, 2.05) is 38.2 Å². The first-order valence-corrected chi connectivity index (χ1v) is 15.5. The second kappa shape index (κ2) is 11.1. The van der Waals surface area contributed by atoms with E-state index in [0.29, 0.717) is 28.5 Å². The van der Waals surface area contributed by atoms with Gasteiger partial charge < -0.3 is 5.32 Å². The number of Topliss-reactive ketones (excluding diaryl/α,β-unsaturated/α-hetero) is 2. The lowest BCUT2D eigenvalue weighted by Gasteiger charge is -2.29. The predicted molar refractivity (Wildman–Crippen MR) is 167 cm³/mol. The summed E-state index contributed by atoms with van der Waals surface area (Å²) in [6, 6.07) is 7.84. The number of halogens is 3. The van der Waals surface area contributed by atoms with Gasteiger partial charge >= 0.3 is 6.18 Å². The molecule has 242 valence electrons. The Kier molecular flexibility index (Phi) is 7.25. The standard InChI is InChI=1S/C34H32F3N7O3/c1-16-5-8-26(34(35,36)37)39-32(16)40-33(47)29-21-7-6-20(11-21)28(29)25(46)15-44-31-17(2)9-22(12-24(31)30(42-44)19(4)45)23-13-38-27-10-18(3)41-43(27)14-23/h5,8-10,12-14,20-21,28-29H,6-7,11,15H2,1-4H3,(H,39,40,47)/t20?,21?,28?,29-/m1/s1. The lowest BCUT2D eigenvalue weighted by molar-refractivity contribution is -0.141. The van der Waals surface area contributed by atoms with Crippen LogP contribution in [0.4, 0.5) is 19.0 Å². The van der Waals surface area contributed by atoms with Crippen LogP contribution in [-0.2, 0) is 22.3 Å². The molecule has 0 spiro atoms. The molecule has 2 aliphatic rings. The van der Waals surface area contributed by atoms with Crippen LogP contribution < -0.4 is 5.32 Å². The first-order valence-electron chi connectivity index (χ1n) is 15.5. The fourth-order valence-corrected chi connectivity index (χ4v) is 7.61. The molecule has 3 unspecified atom stereocenters. The number of fused-ring (bicyclic) bond motifs is 4. The van der Waals surface area contributed by atoms with Crippen molar-refractivity contribution in [3.05, 3.63) is 70.9 Å². The fraction of sp³-hybridized carbons (Fsp3) is 0.382. The minimum Gasteiger partial charge on any atom is -0.310 e. The van der Waals surface area contributed by atoms with Crippen molar-refractivity contribution in [1.82, 2.24) is 29.4 Å². The molecule has 1 N–H and O–H groups in total. The summed E-state index contributed by atoms with van der Waals surface area (Å²) in [7, 11) is 0. The van der Waals surface area contributed by atoms with E-state index in [-0.39, 0.29) is 41.5 Å². The SMILES string of the molecule is CC(=O)c1nn(CC(=O)C2C3CCC(C3)[C@H]2C(=O)Nc2nc(C(F)(F)F)ccc2C)c2c(C)cc(-c3cnc4cc(C)nn4c3)cc12. The van der Waals surface area contributed by atoms with Crippen LogP contribution in [0.15, 0.2) is 42.7 Å². The van der Waals surface area contributed by atoms with Gasteiger partial charge in [0, 0.05) is 42.3 Å². The van der Waals surface area contributed by atoms with Crippen molar-refractivity contribution in [2.24, 2.45) is 23.7 Å². The Hall–Kier alpha value is -4.94. The quantitative estimate of drug-likeness (QED) is 0.211. The monoisotopic (exact) mass is 643 g/mol. The Bertz CT molecular complexity index is 2120. The Morgan fingerprint density at radius 2 is 1.70 bits per heavy atom. The van der Waals surface area contributed by atoms with E-state index < -0.39 is 29.6 Å². The Balaban J connectivity index is 1.20.